The number of anilines is 1. The average molecular weight is 258 g/mol. The Labute approximate surface area is 93.6 Å². The molecule has 3 heteroatoms. The van der Waals surface area contributed by atoms with Crippen LogP contribution in [0.15, 0.2) is 22.7 Å². The number of rotatable bonds is 4. The van der Waals surface area contributed by atoms with Gasteiger partial charge < -0.3 is 10.5 Å². The highest BCUT2D eigenvalue weighted by molar-refractivity contribution is 9.10. The molecular weight excluding hydrogens is 242 g/mol. The van der Waals surface area contributed by atoms with Gasteiger partial charge in [0.05, 0.1) is 6.61 Å². The maximum absolute atomic E-state index is 5.75. The van der Waals surface area contributed by atoms with Gasteiger partial charge in [-0.1, -0.05) is 26.0 Å². The van der Waals surface area contributed by atoms with Gasteiger partial charge in [0.15, 0.2) is 0 Å². The molecule has 0 amide bonds. The Hall–Kier alpha value is -0.540. The lowest BCUT2D eigenvalue weighted by Gasteiger charge is -2.09. The molecule has 14 heavy (non-hydrogen) atoms. The molecule has 0 aliphatic rings. The van der Waals surface area contributed by atoms with Crippen LogP contribution in [0.2, 0.25) is 0 Å². The summed E-state index contributed by atoms with van der Waals surface area (Å²) in [5, 5.41) is 0. The van der Waals surface area contributed by atoms with E-state index in [1.165, 1.54) is 0 Å². The second-order valence-corrected chi connectivity index (χ2v) is 4.52. The first-order chi connectivity index (χ1) is 6.61. The van der Waals surface area contributed by atoms with Crippen molar-refractivity contribution in [1.29, 1.82) is 0 Å². The first kappa shape index (κ1) is 11.5. The molecule has 0 fully saturated rings. The molecule has 0 unspecified atom stereocenters. The lowest BCUT2D eigenvalue weighted by atomic mass is 10.2. The minimum Gasteiger partial charge on any atom is -0.398 e. The fourth-order valence-electron chi connectivity index (χ4n) is 1.12. The molecule has 0 aromatic heterocycles. The van der Waals surface area contributed by atoms with Crippen molar-refractivity contribution in [2.24, 2.45) is 5.92 Å². The van der Waals surface area contributed by atoms with Crippen LogP contribution in [-0.2, 0) is 11.3 Å². The van der Waals surface area contributed by atoms with Crippen molar-refractivity contribution >= 4 is 21.6 Å². The maximum atomic E-state index is 5.75. The first-order valence-electron chi connectivity index (χ1n) is 4.72. The third kappa shape index (κ3) is 3.31. The van der Waals surface area contributed by atoms with E-state index in [-0.39, 0.29) is 0 Å². The number of benzene rings is 1. The van der Waals surface area contributed by atoms with Crippen molar-refractivity contribution in [1.82, 2.24) is 0 Å². The first-order valence-corrected chi connectivity index (χ1v) is 5.51. The molecule has 78 valence electrons. The monoisotopic (exact) mass is 257 g/mol. The van der Waals surface area contributed by atoms with Crippen LogP contribution in [0.1, 0.15) is 19.4 Å². The molecule has 2 N–H and O–H groups in total. The van der Waals surface area contributed by atoms with Crippen LogP contribution in [0.4, 0.5) is 5.69 Å². The normalized spacial score (nSPS) is 10.9. The van der Waals surface area contributed by atoms with Crippen LogP contribution >= 0.6 is 15.9 Å². The van der Waals surface area contributed by atoms with Crippen molar-refractivity contribution in [3.05, 3.63) is 28.2 Å². The number of halogens is 1. The molecule has 0 atom stereocenters. The van der Waals surface area contributed by atoms with Gasteiger partial charge in [-0.2, -0.15) is 0 Å². The molecule has 2 nitrogen and oxygen atoms in total. The number of hydrogen-bond donors (Lipinski definition) is 1. The quantitative estimate of drug-likeness (QED) is 0.841. The maximum Gasteiger partial charge on any atom is 0.0728 e. The van der Waals surface area contributed by atoms with Crippen LogP contribution in [0.5, 0.6) is 0 Å². The van der Waals surface area contributed by atoms with Crippen LogP contribution in [0, 0.1) is 5.92 Å². The summed E-state index contributed by atoms with van der Waals surface area (Å²) < 4.78 is 6.48. The third-order valence-electron chi connectivity index (χ3n) is 1.82. The molecule has 0 bridgehead atoms. The van der Waals surface area contributed by atoms with Crippen LogP contribution in [0.3, 0.4) is 0 Å². The molecule has 1 aromatic carbocycles. The van der Waals surface area contributed by atoms with Gasteiger partial charge >= 0.3 is 0 Å². The number of nitrogens with two attached hydrogens (primary N) is 1. The highest BCUT2D eigenvalue weighted by Crippen LogP contribution is 2.24. The standard InChI is InChI=1S/C11H16BrNO/c1-8(2)6-14-7-9-4-3-5-10(13)11(9)12/h3-5,8H,6-7,13H2,1-2H3. The van der Waals surface area contributed by atoms with E-state index < -0.39 is 0 Å². The Morgan fingerprint density at radius 2 is 2.14 bits per heavy atom. The minimum absolute atomic E-state index is 0.565. The van der Waals surface area contributed by atoms with E-state index in [2.05, 4.69) is 29.8 Å². The summed E-state index contributed by atoms with van der Waals surface area (Å²) >= 11 is 3.44. The van der Waals surface area contributed by atoms with Gasteiger partial charge in [0.25, 0.3) is 0 Å². The van der Waals surface area contributed by atoms with Crippen molar-refractivity contribution < 1.29 is 4.74 Å². The summed E-state index contributed by atoms with van der Waals surface area (Å²) in [7, 11) is 0. The molecule has 0 radical (unpaired) electrons. The Bertz CT molecular complexity index is 299. The van der Waals surface area contributed by atoms with E-state index in [0.717, 1.165) is 22.3 Å². The molecule has 1 aromatic rings. The van der Waals surface area contributed by atoms with Gasteiger partial charge in [-0.05, 0) is 33.5 Å². The van der Waals surface area contributed by atoms with Gasteiger partial charge in [-0.15, -0.1) is 0 Å². The summed E-state index contributed by atoms with van der Waals surface area (Å²) in [6, 6.07) is 5.82. The Morgan fingerprint density at radius 1 is 1.43 bits per heavy atom. The van der Waals surface area contributed by atoms with Crippen molar-refractivity contribution in [2.75, 3.05) is 12.3 Å². The predicted octanol–water partition coefficient (Wildman–Crippen LogP) is 3.20. The summed E-state index contributed by atoms with van der Waals surface area (Å²) in [5.41, 5.74) is 7.61. The van der Waals surface area contributed by atoms with Gasteiger partial charge in [0.1, 0.15) is 0 Å². The Kier molecular flexibility index (Phi) is 4.42. The molecule has 0 aliphatic heterocycles. The van der Waals surface area contributed by atoms with Gasteiger partial charge in [-0.3, -0.25) is 0 Å². The second kappa shape index (κ2) is 5.37. The molecule has 0 heterocycles. The molecular formula is C11H16BrNO. The highest BCUT2D eigenvalue weighted by Gasteiger charge is 2.03. The molecule has 0 spiro atoms. The highest BCUT2D eigenvalue weighted by atomic mass is 79.9. The predicted molar refractivity (Wildman–Crippen MR) is 63.0 cm³/mol. The van der Waals surface area contributed by atoms with E-state index in [4.69, 9.17) is 10.5 Å². The van der Waals surface area contributed by atoms with E-state index in [1.54, 1.807) is 0 Å². The lowest BCUT2D eigenvalue weighted by Crippen LogP contribution is -2.02. The van der Waals surface area contributed by atoms with E-state index in [9.17, 15) is 0 Å². The molecule has 1 rings (SSSR count). The van der Waals surface area contributed by atoms with Gasteiger partial charge in [0.2, 0.25) is 0 Å². The van der Waals surface area contributed by atoms with Crippen molar-refractivity contribution in [3.63, 3.8) is 0 Å². The van der Waals surface area contributed by atoms with E-state index >= 15 is 0 Å². The smallest absolute Gasteiger partial charge is 0.0728 e. The molecule has 0 saturated carbocycles. The zero-order valence-corrected chi connectivity index (χ0v) is 10.2. The SMILES string of the molecule is CC(C)COCc1cccc(N)c1Br. The zero-order valence-electron chi connectivity index (χ0n) is 8.59. The van der Waals surface area contributed by atoms with E-state index in [0.29, 0.717) is 12.5 Å². The van der Waals surface area contributed by atoms with Crippen LogP contribution in [0.25, 0.3) is 0 Å². The largest absolute Gasteiger partial charge is 0.398 e. The number of nitrogen functional groups attached to an aromatic ring is 1. The summed E-state index contributed by atoms with van der Waals surface area (Å²) in [5.74, 6) is 0.565. The molecule has 0 saturated heterocycles. The molecule has 0 aliphatic carbocycles. The van der Waals surface area contributed by atoms with Crippen LogP contribution < -0.4 is 5.73 Å². The Balaban J connectivity index is 2.54. The van der Waals surface area contributed by atoms with Crippen molar-refractivity contribution in [3.8, 4) is 0 Å². The summed E-state index contributed by atoms with van der Waals surface area (Å²) in [6.45, 7) is 5.66. The second-order valence-electron chi connectivity index (χ2n) is 3.73. The fraction of sp³-hybridized carbons (Fsp3) is 0.455. The fourth-order valence-corrected chi connectivity index (χ4v) is 1.49. The van der Waals surface area contributed by atoms with Crippen LogP contribution in [-0.4, -0.2) is 6.61 Å². The summed E-state index contributed by atoms with van der Waals surface area (Å²) in [4.78, 5) is 0. The van der Waals surface area contributed by atoms with Crippen molar-refractivity contribution in [2.45, 2.75) is 20.5 Å². The number of ether oxygens (including phenoxy) is 1. The number of hydrogen-bond acceptors (Lipinski definition) is 2. The third-order valence-corrected chi connectivity index (χ3v) is 2.78. The topological polar surface area (TPSA) is 35.2 Å². The zero-order chi connectivity index (χ0) is 10.6. The van der Waals surface area contributed by atoms with Gasteiger partial charge in [0, 0.05) is 16.8 Å². The lowest BCUT2D eigenvalue weighted by molar-refractivity contribution is 0.0967. The minimum atomic E-state index is 0.565. The average Bonchev–Trinajstić information content (AvgIpc) is 2.12. The van der Waals surface area contributed by atoms with E-state index in [1.807, 2.05) is 18.2 Å². The Morgan fingerprint density at radius 3 is 2.79 bits per heavy atom. The summed E-state index contributed by atoms with van der Waals surface area (Å²) in [6.07, 6.45) is 0. The van der Waals surface area contributed by atoms with Gasteiger partial charge in [-0.25, -0.2) is 0 Å².